The number of anilines is 1. The molecule has 0 aromatic carbocycles. The zero-order valence-electron chi connectivity index (χ0n) is 9.77. The number of methoxy groups -OCH3 is 1. The quantitative estimate of drug-likeness (QED) is 0.801. The van der Waals surface area contributed by atoms with E-state index in [1.165, 1.54) is 13.2 Å². The fourth-order valence-corrected chi connectivity index (χ4v) is 2.60. The van der Waals surface area contributed by atoms with Crippen LogP contribution in [0.2, 0.25) is 5.15 Å². The number of aromatic nitrogens is 2. The minimum Gasteiger partial charge on any atom is -0.481 e. The normalized spacial score (nSPS) is 19.3. The third kappa shape index (κ3) is 3.47. The second kappa shape index (κ2) is 6.21. The number of hydrogen-bond donors (Lipinski definition) is 2. The van der Waals surface area contributed by atoms with Crippen LogP contribution in [0.25, 0.3) is 0 Å². The molecule has 2 rings (SSSR count). The van der Waals surface area contributed by atoms with E-state index in [1.807, 2.05) is 0 Å². The third-order valence-corrected chi connectivity index (χ3v) is 3.61. The lowest BCUT2D eigenvalue weighted by atomic mass is 10.3. The third-order valence-electron chi connectivity index (χ3n) is 2.35. The van der Waals surface area contributed by atoms with Gasteiger partial charge in [-0.25, -0.2) is 4.98 Å². The molecule has 8 heteroatoms. The highest BCUT2D eigenvalue weighted by atomic mass is 35.5. The molecule has 1 aliphatic rings. The monoisotopic (exact) mass is 288 g/mol. The molecule has 0 aliphatic carbocycles. The Hall–Kier alpha value is -1.05. The number of ether oxygens (including phenoxy) is 1. The maximum atomic E-state index is 11.9. The van der Waals surface area contributed by atoms with Crippen molar-refractivity contribution < 1.29 is 9.53 Å². The van der Waals surface area contributed by atoms with Gasteiger partial charge in [-0.2, -0.15) is 16.7 Å². The molecule has 1 fully saturated rings. The van der Waals surface area contributed by atoms with Crippen LogP contribution in [0.1, 0.15) is 0 Å². The van der Waals surface area contributed by atoms with Gasteiger partial charge in [0.2, 0.25) is 17.7 Å². The Kier molecular flexibility index (Phi) is 4.62. The van der Waals surface area contributed by atoms with Crippen LogP contribution >= 0.6 is 23.4 Å². The Labute approximate surface area is 114 Å². The summed E-state index contributed by atoms with van der Waals surface area (Å²) in [7, 11) is 1.48. The van der Waals surface area contributed by atoms with Crippen molar-refractivity contribution in [3.05, 3.63) is 11.2 Å². The molecule has 1 aromatic heterocycles. The van der Waals surface area contributed by atoms with Crippen LogP contribution in [0.4, 0.5) is 5.95 Å². The lowest BCUT2D eigenvalue weighted by molar-refractivity contribution is -0.117. The minimum absolute atomic E-state index is 0.154. The summed E-state index contributed by atoms with van der Waals surface area (Å²) >= 11 is 7.53. The summed E-state index contributed by atoms with van der Waals surface area (Å²) < 4.78 is 4.96. The number of hydrogen-bond acceptors (Lipinski definition) is 6. The molecule has 18 heavy (non-hydrogen) atoms. The largest absolute Gasteiger partial charge is 0.481 e. The Morgan fingerprint density at radius 1 is 1.67 bits per heavy atom. The van der Waals surface area contributed by atoms with E-state index in [1.54, 1.807) is 11.8 Å². The van der Waals surface area contributed by atoms with Crippen LogP contribution in [-0.4, -0.2) is 47.1 Å². The highest BCUT2D eigenvalue weighted by Gasteiger charge is 2.21. The summed E-state index contributed by atoms with van der Waals surface area (Å²) in [5.74, 6) is 2.07. The van der Waals surface area contributed by atoms with Crippen LogP contribution < -0.4 is 15.4 Å². The second-order valence-electron chi connectivity index (χ2n) is 3.63. The van der Waals surface area contributed by atoms with Gasteiger partial charge in [-0.3, -0.25) is 10.1 Å². The smallest absolute Gasteiger partial charge is 0.244 e. The van der Waals surface area contributed by atoms with Crippen LogP contribution in [0.5, 0.6) is 5.88 Å². The average Bonchev–Trinajstić information content (AvgIpc) is 2.39. The molecule has 1 atom stereocenters. The van der Waals surface area contributed by atoms with Crippen molar-refractivity contribution in [2.45, 2.75) is 6.04 Å². The van der Waals surface area contributed by atoms with Gasteiger partial charge >= 0.3 is 0 Å². The van der Waals surface area contributed by atoms with Gasteiger partial charge in [0.1, 0.15) is 5.15 Å². The first-order valence-electron chi connectivity index (χ1n) is 5.39. The van der Waals surface area contributed by atoms with E-state index in [9.17, 15) is 4.79 Å². The van der Waals surface area contributed by atoms with Gasteiger partial charge in [-0.05, 0) is 0 Å². The van der Waals surface area contributed by atoms with E-state index in [4.69, 9.17) is 16.3 Å². The lowest BCUT2D eigenvalue weighted by Gasteiger charge is -2.21. The number of nitrogens with zero attached hydrogens (tertiary/aromatic N) is 2. The Morgan fingerprint density at radius 3 is 3.17 bits per heavy atom. The summed E-state index contributed by atoms with van der Waals surface area (Å²) in [5.41, 5.74) is 0. The van der Waals surface area contributed by atoms with Crippen molar-refractivity contribution >= 4 is 35.2 Å². The first kappa shape index (κ1) is 13.4. The summed E-state index contributed by atoms with van der Waals surface area (Å²) in [6.07, 6.45) is 0. The van der Waals surface area contributed by atoms with Crippen molar-refractivity contribution in [1.29, 1.82) is 0 Å². The molecule has 2 N–H and O–H groups in total. The molecule has 0 spiro atoms. The molecule has 0 saturated carbocycles. The van der Waals surface area contributed by atoms with Gasteiger partial charge in [0, 0.05) is 24.1 Å². The predicted octanol–water partition coefficient (Wildman–Crippen LogP) is 0.782. The maximum Gasteiger partial charge on any atom is 0.244 e. The van der Waals surface area contributed by atoms with E-state index in [2.05, 4.69) is 20.6 Å². The highest BCUT2D eigenvalue weighted by Crippen LogP contribution is 2.16. The van der Waals surface area contributed by atoms with Gasteiger partial charge in [-0.1, -0.05) is 11.6 Å². The minimum atomic E-state index is -0.225. The molecule has 1 aliphatic heterocycles. The molecule has 2 heterocycles. The first-order chi connectivity index (χ1) is 8.69. The second-order valence-corrected chi connectivity index (χ2v) is 5.16. The molecular weight excluding hydrogens is 276 g/mol. The molecule has 6 nitrogen and oxygen atoms in total. The molecule has 98 valence electrons. The molecule has 0 bridgehead atoms. The zero-order chi connectivity index (χ0) is 13.0. The zero-order valence-corrected chi connectivity index (χ0v) is 11.3. The number of halogens is 1. The van der Waals surface area contributed by atoms with Crippen LogP contribution in [0, 0.1) is 0 Å². The van der Waals surface area contributed by atoms with Crippen molar-refractivity contribution in [1.82, 2.24) is 15.3 Å². The van der Waals surface area contributed by atoms with Gasteiger partial charge < -0.3 is 10.1 Å². The maximum absolute atomic E-state index is 11.9. The van der Waals surface area contributed by atoms with Gasteiger partial charge in [-0.15, -0.1) is 0 Å². The van der Waals surface area contributed by atoms with E-state index in [-0.39, 0.29) is 23.1 Å². The van der Waals surface area contributed by atoms with Crippen LogP contribution in [-0.2, 0) is 4.79 Å². The highest BCUT2D eigenvalue weighted by molar-refractivity contribution is 7.99. The van der Waals surface area contributed by atoms with Crippen molar-refractivity contribution in [3.8, 4) is 5.88 Å². The van der Waals surface area contributed by atoms with E-state index in [0.29, 0.717) is 5.88 Å². The van der Waals surface area contributed by atoms with Gasteiger partial charge in [0.05, 0.1) is 13.2 Å². The van der Waals surface area contributed by atoms with Crippen molar-refractivity contribution in [2.24, 2.45) is 0 Å². The average molecular weight is 289 g/mol. The number of amides is 1. The topological polar surface area (TPSA) is 76.1 Å². The SMILES string of the molecule is COc1cc(Cl)nc(NC(=O)C2CSCCN2)n1. The Bertz CT molecular complexity index is 440. The van der Waals surface area contributed by atoms with Crippen LogP contribution in [0.15, 0.2) is 6.07 Å². The summed E-state index contributed by atoms with van der Waals surface area (Å²) in [4.78, 5) is 19.9. The lowest BCUT2D eigenvalue weighted by Crippen LogP contribution is -2.46. The van der Waals surface area contributed by atoms with Crippen molar-refractivity contribution in [2.75, 3.05) is 30.5 Å². The van der Waals surface area contributed by atoms with E-state index >= 15 is 0 Å². The standard InChI is InChI=1S/C10H13ClN4O2S/c1-17-8-4-7(11)13-10(14-8)15-9(16)6-5-18-3-2-12-6/h4,6,12H,2-3,5H2,1H3,(H,13,14,15,16). The van der Waals surface area contributed by atoms with Crippen LogP contribution in [0.3, 0.4) is 0 Å². The fourth-order valence-electron chi connectivity index (χ4n) is 1.49. The Morgan fingerprint density at radius 2 is 2.50 bits per heavy atom. The van der Waals surface area contributed by atoms with Gasteiger partial charge in [0.25, 0.3) is 0 Å². The van der Waals surface area contributed by atoms with Gasteiger partial charge in [0.15, 0.2) is 0 Å². The fraction of sp³-hybridized carbons (Fsp3) is 0.500. The number of nitrogens with one attached hydrogen (secondary N) is 2. The predicted molar refractivity (Wildman–Crippen MR) is 71.3 cm³/mol. The summed E-state index contributed by atoms with van der Waals surface area (Å²) in [5, 5.41) is 5.98. The van der Waals surface area contributed by atoms with E-state index < -0.39 is 0 Å². The van der Waals surface area contributed by atoms with E-state index in [0.717, 1.165) is 18.1 Å². The molecule has 0 radical (unpaired) electrons. The number of thioether (sulfide) groups is 1. The summed E-state index contributed by atoms with van der Waals surface area (Å²) in [6, 6.07) is 1.25. The van der Waals surface area contributed by atoms with Crippen molar-refractivity contribution in [3.63, 3.8) is 0 Å². The molecular formula is C10H13ClN4O2S. The molecule has 1 amide bonds. The summed E-state index contributed by atoms with van der Waals surface area (Å²) in [6.45, 7) is 0.822. The number of carbonyl (C=O) groups excluding carboxylic acids is 1. The molecule has 1 unspecified atom stereocenters. The number of rotatable bonds is 3. The molecule has 1 saturated heterocycles. The molecule has 1 aromatic rings. The number of carbonyl (C=O) groups is 1. The Balaban J connectivity index is 2.03. The first-order valence-corrected chi connectivity index (χ1v) is 6.93.